The average Bonchev–Trinajstić information content (AvgIpc) is 4.14. The number of piperidine rings is 1. The summed E-state index contributed by atoms with van der Waals surface area (Å²) >= 11 is 0. The van der Waals surface area contributed by atoms with Crippen molar-refractivity contribution in [2.75, 3.05) is 46.6 Å². The van der Waals surface area contributed by atoms with E-state index in [4.69, 9.17) is 9.47 Å². The van der Waals surface area contributed by atoms with Gasteiger partial charge in [0.1, 0.15) is 57.8 Å². The van der Waals surface area contributed by atoms with Crippen molar-refractivity contribution in [1.29, 1.82) is 0 Å². The molecule has 4 saturated heterocycles. The van der Waals surface area contributed by atoms with Gasteiger partial charge in [0.25, 0.3) is 11.4 Å². The fraction of sp³-hybridized carbons (Fsp3) is 0.472. The summed E-state index contributed by atoms with van der Waals surface area (Å²) in [5.41, 5.74) is -5.12. The number of carbonyl (C=O) groups is 4. The predicted octanol–water partition coefficient (Wildman–Crippen LogP) is 11.3. The summed E-state index contributed by atoms with van der Waals surface area (Å²) in [5.74, 6) is -6.49. The van der Waals surface area contributed by atoms with Crippen LogP contribution in [0, 0.1) is 49.3 Å². The molecule has 406 valence electrons. The standard InChI is InChI=1S/C53H59F5N8O10/c1-52(2,3)75-50(69)62-19-7-9-43(62)48(67)59-39-27-35(55)33(25-45(39)65(71)72)41-15-16-42(64(41)32-23-37(57)47(38(58)24-32)61-21-17-30(18-22-61)29-11-13-31(54)14-12-29)34-26-46(66(73)74)40(28-36(34)56)60-49(68)44-10-8-20-63(44)51(70)76-53(4,5)6/h11-14,23-28,30,41-44H,7-10,15-22H2,1-6H3,(H,59,67)(H,60,68)/t41-,42-,43+,44+/m1/s1. The van der Waals surface area contributed by atoms with E-state index in [2.05, 4.69) is 10.6 Å². The van der Waals surface area contributed by atoms with Gasteiger partial charge in [-0.1, -0.05) is 12.1 Å². The number of nitrogens with one attached hydrogen (secondary N) is 2. The molecule has 76 heavy (non-hydrogen) atoms. The first kappa shape index (κ1) is 54.7. The number of nitro benzene ring substituents is 2. The molecular formula is C53H59F5N8O10. The molecule has 4 aliphatic heterocycles. The van der Waals surface area contributed by atoms with E-state index in [-0.39, 0.29) is 63.5 Å². The molecule has 4 atom stereocenters. The molecule has 0 aliphatic carbocycles. The topological polar surface area (TPSA) is 210 Å². The number of hydrogen-bond donors (Lipinski definition) is 2. The summed E-state index contributed by atoms with van der Waals surface area (Å²) in [6.07, 6.45) is 0.191. The normalized spacial score (nSPS) is 20.2. The highest BCUT2D eigenvalue weighted by atomic mass is 19.1. The Labute approximate surface area is 434 Å². The van der Waals surface area contributed by atoms with E-state index in [1.165, 1.54) is 31.7 Å². The van der Waals surface area contributed by atoms with Crippen molar-refractivity contribution in [3.05, 3.63) is 127 Å². The molecule has 4 amide bonds. The van der Waals surface area contributed by atoms with Gasteiger partial charge in [0.15, 0.2) is 11.6 Å². The molecule has 23 heteroatoms. The van der Waals surface area contributed by atoms with Crippen LogP contribution in [-0.2, 0) is 19.1 Å². The first-order valence-electron chi connectivity index (χ1n) is 25.1. The summed E-state index contributed by atoms with van der Waals surface area (Å²) < 4.78 is 91.6. The molecule has 8 rings (SSSR count). The Kier molecular flexibility index (Phi) is 15.5. The molecule has 2 N–H and O–H groups in total. The van der Waals surface area contributed by atoms with Crippen LogP contribution >= 0.6 is 0 Å². The van der Waals surface area contributed by atoms with Crippen molar-refractivity contribution in [2.24, 2.45) is 0 Å². The number of nitrogens with zero attached hydrogens (tertiary/aromatic N) is 6. The maximum absolute atomic E-state index is 16.8. The van der Waals surface area contributed by atoms with E-state index >= 15 is 17.6 Å². The fourth-order valence-electron chi connectivity index (χ4n) is 10.7. The minimum atomic E-state index is -1.36. The van der Waals surface area contributed by atoms with E-state index in [1.54, 1.807) is 53.7 Å². The van der Waals surface area contributed by atoms with Crippen LogP contribution in [0.4, 0.5) is 65.7 Å². The highest BCUT2D eigenvalue weighted by Gasteiger charge is 2.43. The Bertz CT molecular complexity index is 2790. The molecule has 0 aromatic heterocycles. The van der Waals surface area contributed by atoms with Crippen LogP contribution in [0.15, 0.2) is 60.7 Å². The predicted molar refractivity (Wildman–Crippen MR) is 269 cm³/mol. The van der Waals surface area contributed by atoms with Crippen LogP contribution in [0.5, 0.6) is 0 Å². The second-order valence-electron chi connectivity index (χ2n) is 21.5. The molecular weight excluding hydrogens is 1000 g/mol. The van der Waals surface area contributed by atoms with Gasteiger partial charge in [0.2, 0.25) is 11.8 Å². The van der Waals surface area contributed by atoms with Crippen molar-refractivity contribution in [3.8, 4) is 0 Å². The third-order valence-corrected chi connectivity index (χ3v) is 14.1. The zero-order valence-electron chi connectivity index (χ0n) is 42.8. The zero-order chi connectivity index (χ0) is 55.1. The Morgan fingerprint density at radius 1 is 0.579 bits per heavy atom. The summed E-state index contributed by atoms with van der Waals surface area (Å²) in [6.45, 7) is 10.6. The minimum absolute atomic E-state index is 0.0186. The maximum atomic E-state index is 16.8. The maximum Gasteiger partial charge on any atom is 0.410 e. The second-order valence-corrected chi connectivity index (χ2v) is 21.5. The summed E-state index contributed by atoms with van der Waals surface area (Å²) in [4.78, 5) is 82.2. The summed E-state index contributed by atoms with van der Waals surface area (Å²) in [5, 5.41) is 30.3. The smallest absolute Gasteiger partial charge is 0.410 e. The van der Waals surface area contributed by atoms with Crippen LogP contribution in [0.2, 0.25) is 0 Å². The van der Waals surface area contributed by atoms with Gasteiger partial charge in [-0.05, 0) is 129 Å². The van der Waals surface area contributed by atoms with Crippen molar-refractivity contribution < 1.29 is 60.5 Å². The first-order chi connectivity index (χ1) is 35.8. The molecule has 4 aliphatic rings. The van der Waals surface area contributed by atoms with Gasteiger partial charge >= 0.3 is 12.2 Å². The summed E-state index contributed by atoms with van der Waals surface area (Å²) in [7, 11) is 0. The van der Waals surface area contributed by atoms with Crippen molar-refractivity contribution in [1.82, 2.24) is 9.80 Å². The SMILES string of the molecule is CC(C)(C)OC(=O)N1CCC[C@H]1C(=O)Nc1cc(F)c([C@H]2CC[C@H](c3cc([N+](=O)[O-])c(NC(=O)[C@@H]4CCCN4C(=O)OC(C)(C)C)cc3F)N2c2cc(F)c(N3CCC(c4ccc(F)cc4)CC3)c(F)c2)cc1[N+](=O)[O-]. The number of carbonyl (C=O) groups excluding carboxylic acids is 4. The van der Waals surface area contributed by atoms with Gasteiger partial charge in [-0.15, -0.1) is 0 Å². The summed E-state index contributed by atoms with van der Waals surface area (Å²) in [6, 6.07) is 6.05. The zero-order valence-corrected chi connectivity index (χ0v) is 42.8. The Morgan fingerprint density at radius 3 is 1.39 bits per heavy atom. The van der Waals surface area contributed by atoms with Crippen molar-refractivity contribution in [2.45, 2.75) is 134 Å². The van der Waals surface area contributed by atoms with Gasteiger partial charge in [-0.25, -0.2) is 31.5 Å². The third-order valence-electron chi connectivity index (χ3n) is 14.1. The largest absolute Gasteiger partial charge is 0.444 e. The van der Waals surface area contributed by atoms with Crippen molar-refractivity contribution >= 4 is 58.1 Å². The Hall–Kier alpha value is -7.59. The average molecular weight is 1060 g/mol. The lowest BCUT2D eigenvalue weighted by atomic mass is 9.89. The van der Waals surface area contributed by atoms with E-state index < -0.39 is 138 Å². The lowest BCUT2D eigenvalue weighted by Gasteiger charge is -2.36. The highest BCUT2D eigenvalue weighted by molar-refractivity contribution is 5.99. The molecule has 0 spiro atoms. The van der Waals surface area contributed by atoms with E-state index in [1.807, 2.05) is 0 Å². The van der Waals surface area contributed by atoms with Crippen LogP contribution in [0.3, 0.4) is 0 Å². The Morgan fingerprint density at radius 2 is 1.00 bits per heavy atom. The van der Waals surface area contributed by atoms with Crippen molar-refractivity contribution in [3.63, 3.8) is 0 Å². The van der Waals surface area contributed by atoms with E-state index in [0.29, 0.717) is 37.8 Å². The first-order valence-corrected chi connectivity index (χ1v) is 25.1. The highest BCUT2D eigenvalue weighted by Crippen LogP contribution is 2.51. The minimum Gasteiger partial charge on any atom is -0.444 e. The van der Waals surface area contributed by atoms with Crippen LogP contribution in [0.1, 0.15) is 128 Å². The quantitative estimate of drug-likeness (QED) is 0.0816. The Balaban J connectivity index is 1.15. The molecule has 0 saturated carbocycles. The molecule has 4 aromatic rings. The molecule has 4 aromatic carbocycles. The number of benzene rings is 4. The second kappa shape index (κ2) is 21.6. The number of nitro groups is 2. The number of halogens is 5. The van der Waals surface area contributed by atoms with Crippen LogP contribution in [-0.4, -0.2) is 93.1 Å². The molecule has 18 nitrogen and oxygen atoms in total. The van der Waals surface area contributed by atoms with Gasteiger partial charge in [0, 0.05) is 67.3 Å². The number of rotatable bonds is 11. The molecule has 0 unspecified atom stereocenters. The van der Waals surface area contributed by atoms with Gasteiger partial charge < -0.3 is 29.9 Å². The number of anilines is 4. The number of ether oxygens (including phenoxy) is 2. The number of likely N-dealkylation sites (tertiary alicyclic amines) is 2. The monoisotopic (exact) mass is 1060 g/mol. The molecule has 4 heterocycles. The number of amides is 4. The van der Waals surface area contributed by atoms with Gasteiger partial charge in [0.05, 0.1) is 21.9 Å². The van der Waals surface area contributed by atoms with E-state index in [9.17, 15) is 43.8 Å². The fourth-order valence-corrected chi connectivity index (χ4v) is 10.7. The third kappa shape index (κ3) is 11.8. The van der Waals surface area contributed by atoms with Crippen LogP contribution in [0.25, 0.3) is 0 Å². The molecule has 4 fully saturated rings. The van der Waals surface area contributed by atoms with Crippen LogP contribution < -0.4 is 20.4 Å². The van der Waals surface area contributed by atoms with E-state index in [0.717, 1.165) is 29.8 Å². The molecule has 0 radical (unpaired) electrons. The molecule has 0 bridgehead atoms. The lowest BCUT2D eigenvalue weighted by Crippen LogP contribution is -2.45. The number of hydrogen-bond acceptors (Lipinski definition) is 12. The van der Waals surface area contributed by atoms with Gasteiger partial charge in [-0.3, -0.25) is 39.6 Å². The van der Waals surface area contributed by atoms with Gasteiger partial charge in [-0.2, -0.15) is 0 Å². The lowest BCUT2D eigenvalue weighted by molar-refractivity contribution is -0.384.